The summed E-state index contributed by atoms with van der Waals surface area (Å²) in [7, 11) is 0. The Morgan fingerprint density at radius 3 is 2.36 bits per heavy atom. The van der Waals surface area contributed by atoms with Gasteiger partial charge in [-0.15, -0.1) is 6.42 Å². The number of hydrogen-bond acceptors (Lipinski definition) is 4. The van der Waals surface area contributed by atoms with Crippen molar-refractivity contribution in [1.82, 2.24) is 4.90 Å². The van der Waals surface area contributed by atoms with Crippen molar-refractivity contribution in [3.63, 3.8) is 0 Å². The zero-order valence-electron chi connectivity index (χ0n) is 24.6. The van der Waals surface area contributed by atoms with Crippen LogP contribution in [-0.4, -0.2) is 42.9 Å². The molecule has 220 valence electrons. The Hall–Kier alpha value is -5.33. The van der Waals surface area contributed by atoms with E-state index in [1.165, 1.54) is 5.56 Å². The van der Waals surface area contributed by atoms with E-state index < -0.39 is 0 Å². The van der Waals surface area contributed by atoms with E-state index in [4.69, 9.17) is 22.5 Å². The summed E-state index contributed by atoms with van der Waals surface area (Å²) >= 11 is 0. The second-order valence-electron chi connectivity index (χ2n) is 10.9. The number of carbonyl (C=O) groups excluding carboxylic acids is 2. The second-order valence-corrected chi connectivity index (χ2v) is 10.9. The Morgan fingerprint density at radius 1 is 0.886 bits per heavy atom. The lowest BCUT2D eigenvalue weighted by Gasteiger charge is -2.32. The molecule has 0 bridgehead atoms. The number of terminal acetylenes is 1. The minimum absolute atomic E-state index is 0.0502. The zero-order valence-corrected chi connectivity index (χ0v) is 24.6. The molecule has 1 amide bonds. The third kappa shape index (κ3) is 7.73. The van der Waals surface area contributed by atoms with E-state index in [-0.39, 0.29) is 24.9 Å². The Balaban J connectivity index is 1.16. The number of ether oxygens (including phenoxy) is 2. The summed E-state index contributed by atoms with van der Waals surface area (Å²) < 4.78 is 11.6. The van der Waals surface area contributed by atoms with Gasteiger partial charge in [-0.3, -0.25) is 9.59 Å². The van der Waals surface area contributed by atoms with Gasteiger partial charge in [0, 0.05) is 29.8 Å². The predicted octanol–water partition coefficient (Wildman–Crippen LogP) is 7.40. The van der Waals surface area contributed by atoms with Crippen LogP contribution in [0.5, 0.6) is 11.5 Å². The number of aryl methyl sites for hydroxylation is 1. The molecule has 44 heavy (non-hydrogen) atoms. The zero-order chi connectivity index (χ0) is 30.7. The molecule has 0 radical (unpaired) electrons. The lowest BCUT2D eigenvalue weighted by Crippen LogP contribution is -2.41. The number of likely N-dealkylation sites (tertiary alicyclic amines) is 1. The number of benzene rings is 4. The van der Waals surface area contributed by atoms with Crippen LogP contribution in [0.15, 0.2) is 97.1 Å². The first-order chi connectivity index (χ1) is 21.5. The third-order valence-electron chi connectivity index (χ3n) is 7.97. The van der Waals surface area contributed by atoms with Crippen LogP contribution in [-0.2, 0) is 11.2 Å². The van der Waals surface area contributed by atoms with E-state index in [1.807, 2.05) is 53.4 Å². The van der Waals surface area contributed by atoms with Crippen LogP contribution in [0.1, 0.15) is 40.7 Å². The largest absolute Gasteiger partial charge is 0.483 e. The highest BCUT2D eigenvalue weighted by molar-refractivity contribution is 6.09. The maximum atomic E-state index is 13.1. The summed E-state index contributed by atoms with van der Waals surface area (Å²) in [6.07, 6.45) is 9.22. The van der Waals surface area contributed by atoms with Gasteiger partial charge in [0.05, 0.1) is 6.57 Å². The molecule has 0 N–H and O–H groups in total. The lowest BCUT2D eigenvalue weighted by molar-refractivity contribution is -0.134. The van der Waals surface area contributed by atoms with E-state index in [2.05, 4.69) is 16.8 Å². The van der Waals surface area contributed by atoms with Gasteiger partial charge in [-0.1, -0.05) is 78.7 Å². The summed E-state index contributed by atoms with van der Waals surface area (Å²) in [4.78, 5) is 31.4. The minimum Gasteiger partial charge on any atom is -0.483 e. The standard InChI is InChI=1S/C38H34N2O4/c1-3-24-43-34-11-7-8-29(25-34)13-12-28-20-22-40(23-21-28)37(41)27-44-36-19-18-33(39-2)26-35(36)30-14-16-32(17-15-30)38(42)31-9-5-4-6-10-31/h1,4-11,14-19,25-26,28H,12-13,20-24,27H2. The molecule has 0 saturated carbocycles. The first-order valence-corrected chi connectivity index (χ1v) is 14.8. The fourth-order valence-corrected chi connectivity index (χ4v) is 5.48. The van der Waals surface area contributed by atoms with Crippen LogP contribution in [0.3, 0.4) is 0 Å². The highest BCUT2D eigenvalue weighted by Crippen LogP contribution is 2.34. The number of amides is 1. The summed E-state index contributed by atoms with van der Waals surface area (Å²) in [5.41, 5.74) is 4.40. The first-order valence-electron chi connectivity index (χ1n) is 14.8. The van der Waals surface area contributed by atoms with Crippen LogP contribution in [0.25, 0.3) is 16.0 Å². The van der Waals surface area contributed by atoms with Gasteiger partial charge in [-0.05, 0) is 67.0 Å². The molecule has 0 unspecified atom stereocenters. The van der Waals surface area contributed by atoms with Gasteiger partial charge in [0.25, 0.3) is 5.91 Å². The number of rotatable bonds is 11. The number of hydrogen-bond donors (Lipinski definition) is 0. The normalized spacial score (nSPS) is 13.0. The highest BCUT2D eigenvalue weighted by Gasteiger charge is 2.23. The van der Waals surface area contributed by atoms with Crippen molar-refractivity contribution in [2.45, 2.75) is 25.7 Å². The number of ketones is 1. The smallest absolute Gasteiger partial charge is 0.260 e. The molecule has 1 saturated heterocycles. The number of carbonyl (C=O) groups is 2. The number of piperidine rings is 1. The molecule has 1 heterocycles. The van der Waals surface area contributed by atoms with E-state index in [9.17, 15) is 9.59 Å². The molecular formula is C38H34N2O4. The maximum absolute atomic E-state index is 13.1. The lowest BCUT2D eigenvalue weighted by atomic mass is 9.90. The molecule has 1 aliphatic rings. The summed E-state index contributed by atoms with van der Waals surface area (Å²) in [5, 5.41) is 0. The van der Waals surface area contributed by atoms with Crippen molar-refractivity contribution in [2.24, 2.45) is 5.92 Å². The molecule has 0 spiro atoms. The van der Waals surface area contributed by atoms with Crippen molar-refractivity contribution in [3.05, 3.63) is 125 Å². The first kappa shape index (κ1) is 30.1. The van der Waals surface area contributed by atoms with Gasteiger partial charge in [0.2, 0.25) is 0 Å². The second kappa shape index (κ2) is 14.7. The minimum atomic E-state index is -0.0793. The van der Waals surface area contributed by atoms with Gasteiger partial charge in [-0.25, -0.2) is 4.85 Å². The number of nitrogens with zero attached hydrogens (tertiary/aromatic N) is 2. The Bertz CT molecular complexity index is 1670. The van der Waals surface area contributed by atoms with Crippen molar-refractivity contribution >= 4 is 17.4 Å². The van der Waals surface area contributed by atoms with Crippen LogP contribution < -0.4 is 9.47 Å². The molecule has 6 heteroatoms. The molecule has 0 aliphatic carbocycles. The van der Waals surface area contributed by atoms with Gasteiger partial charge in [-0.2, -0.15) is 0 Å². The van der Waals surface area contributed by atoms with Gasteiger partial charge in [0.1, 0.15) is 18.1 Å². The van der Waals surface area contributed by atoms with Gasteiger partial charge < -0.3 is 14.4 Å². The van der Waals surface area contributed by atoms with Crippen LogP contribution in [0, 0.1) is 24.8 Å². The quantitative estimate of drug-likeness (QED) is 0.105. The van der Waals surface area contributed by atoms with E-state index in [1.54, 1.807) is 42.5 Å². The Kier molecular flexibility index (Phi) is 10.1. The van der Waals surface area contributed by atoms with E-state index in [0.717, 1.165) is 37.0 Å². The van der Waals surface area contributed by atoms with Crippen molar-refractivity contribution in [3.8, 4) is 35.0 Å². The Morgan fingerprint density at radius 2 is 1.64 bits per heavy atom. The highest BCUT2D eigenvalue weighted by atomic mass is 16.5. The molecule has 4 aromatic rings. The fraction of sp³-hybridized carbons (Fsp3) is 0.237. The van der Waals surface area contributed by atoms with Crippen molar-refractivity contribution < 1.29 is 19.1 Å². The molecule has 0 aromatic heterocycles. The van der Waals surface area contributed by atoms with Crippen LogP contribution in [0.4, 0.5) is 5.69 Å². The molecule has 1 fully saturated rings. The molecule has 6 nitrogen and oxygen atoms in total. The molecule has 1 aliphatic heterocycles. The molecular weight excluding hydrogens is 548 g/mol. The fourth-order valence-electron chi connectivity index (χ4n) is 5.48. The van der Waals surface area contributed by atoms with E-state index >= 15 is 0 Å². The summed E-state index contributed by atoms with van der Waals surface area (Å²) in [6, 6.07) is 29.6. The van der Waals surface area contributed by atoms with Crippen LogP contribution in [0.2, 0.25) is 0 Å². The average molecular weight is 583 g/mol. The predicted molar refractivity (Wildman–Crippen MR) is 172 cm³/mol. The monoisotopic (exact) mass is 582 g/mol. The van der Waals surface area contributed by atoms with Gasteiger partial charge >= 0.3 is 0 Å². The SMILES string of the molecule is [C-]#[N+]c1ccc(OCC(=O)N2CCC(CCc3cccc(OCC#C)c3)CC2)c(-c2ccc(C(=O)c3ccccc3)cc2)c1. The maximum Gasteiger partial charge on any atom is 0.260 e. The Labute approximate surface area is 259 Å². The molecule has 4 aromatic carbocycles. The molecule has 5 rings (SSSR count). The summed E-state index contributed by atoms with van der Waals surface area (Å²) in [6.45, 7) is 9.05. The third-order valence-corrected chi connectivity index (χ3v) is 7.97. The molecule has 0 atom stereocenters. The summed E-state index contributed by atoms with van der Waals surface area (Å²) in [5.74, 6) is 4.26. The van der Waals surface area contributed by atoms with Crippen molar-refractivity contribution in [1.29, 1.82) is 0 Å². The van der Waals surface area contributed by atoms with Crippen LogP contribution >= 0.6 is 0 Å². The van der Waals surface area contributed by atoms with Gasteiger partial charge in [0.15, 0.2) is 18.1 Å². The van der Waals surface area contributed by atoms with E-state index in [0.29, 0.717) is 47.1 Å². The topological polar surface area (TPSA) is 60.2 Å². The van der Waals surface area contributed by atoms with Crippen molar-refractivity contribution in [2.75, 3.05) is 26.3 Å². The average Bonchev–Trinajstić information content (AvgIpc) is 3.09.